The van der Waals surface area contributed by atoms with E-state index in [0.717, 1.165) is 16.0 Å². The van der Waals surface area contributed by atoms with E-state index in [1.807, 2.05) is 0 Å². The summed E-state index contributed by atoms with van der Waals surface area (Å²) < 4.78 is 13.6. The van der Waals surface area contributed by atoms with Crippen LogP contribution in [0.5, 0.6) is 0 Å². The predicted octanol–water partition coefficient (Wildman–Crippen LogP) is 1.01. The average molecular weight is 228 g/mol. The molecule has 0 bridgehead atoms. The van der Waals surface area contributed by atoms with Crippen molar-refractivity contribution in [2.75, 3.05) is 0 Å². The van der Waals surface area contributed by atoms with Crippen molar-refractivity contribution in [1.82, 2.24) is 0 Å². The van der Waals surface area contributed by atoms with E-state index in [1.54, 1.807) is 6.07 Å². The van der Waals surface area contributed by atoms with E-state index in [0.29, 0.717) is 15.7 Å². The standard InChI is InChI=1S/C8H6BFO2S2/c10-7-3-4-6(14-7)2-1-5(8(4)13)9(11)12/h1-3,11-13H. The molecule has 2 aromatic rings. The van der Waals surface area contributed by atoms with Crippen LogP contribution in [0.3, 0.4) is 0 Å². The molecule has 0 aliphatic rings. The normalized spacial score (nSPS) is 10.9. The van der Waals surface area contributed by atoms with Gasteiger partial charge in [0.1, 0.15) is 0 Å². The van der Waals surface area contributed by atoms with Crippen LogP contribution in [-0.4, -0.2) is 17.2 Å². The van der Waals surface area contributed by atoms with E-state index in [-0.39, 0.29) is 5.13 Å². The van der Waals surface area contributed by atoms with Crippen LogP contribution < -0.4 is 5.46 Å². The van der Waals surface area contributed by atoms with Crippen molar-refractivity contribution >= 4 is 46.6 Å². The third-order valence-electron chi connectivity index (χ3n) is 1.95. The molecule has 0 atom stereocenters. The number of rotatable bonds is 1. The van der Waals surface area contributed by atoms with Crippen LogP contribution >= 0.6 is 24.0 Å². The van der Waals surface area contributed by atoms with Gasteiger partial charge >= 0.3 is 7.12 Å². The zero-order valence-corrected chi connectivity index (χ0v) is 8.65. The van der Waals surface area contributed by atoms with Crippen molar-refractivity contribution in [3.8, 4) is 0 Å². The number of hydrogen-bond donors (Lipinski definition) is 3. The summed E-state index contributed by atoms with van der Waals surface area (Å²) in [6.07, 6.45) is 0. The average Bonchev–Trinajstić information content (AvgIpc) is 2.46. The molecular formula is C8H6BFO2S2. The second kappa shape index (κ2) is 3.54. The minimum atomic E-state index is -1.57. The van der Waals surface area contributed by atoms with Crippen molar-refractivity contribution in [2.24, 2.45) is 0 Å². The summed E-state index contributed by atoms with van der Waals surface area (Å²) in [6, 6.07) is 4.52. The summed E-state index contributed by atoms with van der Waals surface area (Å²) in [6.45, 7) is 0. The Bertz CT molecular complexity index is 483. The molecule has 0 fully saturated rings. The number of thiophene rings is 1. The van der Waals surface area contributed by atoms with Gasteiger partial charge in [0.25, 0.3) is 0 Å². The molecule has 1 aromatic heterocycles. The van der Waals surface area contributed by atoms with Crippen LogP contribution in [0.4, 0.5) is 4.39 Å². The van der Waals surface area contributed by atoms with Crippen LogP contribution in [0.1, 0.15) is 0 Å². The molecule has 0 spiro atoms. The Morgan fingerprint density at radius 2 is 2.07 bits per heavy atom. The van der Waals surface area contributed by atoms with Gasteiger partial charge in [0.2, 0.25) is 0 Å². The van der Waals surface area contributed by atoms with Crippen molar-refractivity contribution in [3.05, 3.63) is 23.3 Å². The maximum atomic E-state index is 12.9. The van der Waals surface area contributed by atoms with Crippen molar-refractivity contribution in [3.63, 3.8) is 0 Å². The van der Waals surface area contributed by atoms with Crippen LogP contribution in [0, 0.1) is 5.13 Å². The number of benzene rings is 1. The number of hydrogen-bond acceptors (Lipinski definition) is 4. The van der Waals surface area contributed by atoms with Crippen LogP contribution in [0.2, 0.25) is 0 Å². The number of fused-ring (bicyclic) bond motifs is 1. The molecule has 2 nitrogen and oxygen atoms in total. The second-order valence-electron chi connectivity index (χ2n) is 2.84. The van der Waals surface area contributed by atoms with Crippen LogP contribution in [0.25, 0.3) is 10.1 Å². The van der Waals surface area contributed by atoms with Gasteiger partial charge in [-0.05, 0) is 17.6 Å². The van der Waals surface area contributed by atoms with E-state index < -0.39 is 7.12 Å². The summed E-state index contributed by atoms with van der Waals surface area (Å²) in [5, 5.41) is 18.3. The lowest BCUT2D eigenvalue weighted by atomic mass is 9.80. The fourth-order valence-electron chi connectivity index (χ4n) is 1.29. The minimum absolute atomic E-state index is 0.290. The van der Waals surface area contributed by atoms with Crippen molar-refractivity contribution in [2.45, 2.75) is 4.90 Å². The lowest BCUT2D eigenvalue weighted by Gasteiger charge is -2.03. The molecule has 1 aromatic carbocycles. The second-order valence-corrected chi connectivity index (χ2v) is 4.32. The molecule has 1 heterocycles. The summed E-state index contributed by atoms with van der Waals surface area (Å²) in [4.78, 5) is 0.414. The highest BCUT2D eigenvalue weighted by Crippen LogP contribution is 2.28. The zero-order valence-electron chi connectivity index (χ0n) is 6.94. The van der Waals surface area contributed by atoms with Crippen LogP contribution in [0.15, 0.2) is 23.1 Å². The van der Waals surface area contributed by atoms with Crippen LogP contribution in [-0.2, 0) is 0 Å². The predicted molar refractivity (Wildman–Crippen MR) is 58.9 cm³/mol. The topological polar surface area (TPSA) is 40.5 Å². The maximum Gasteiger partial charge on any atom is 0.489 e. The van der Waals surface area contributed by atoms with Crippen molar-refractivity contribution in [1.29, 1.82) is 0 Å². The summed E-state index contributed by atoms with van der Waals surface area (Å²) in [5.74, 6) is 0. The first-order valence-electron chi connectivity index (χ1n) is 3.86. The van der Waals surface area contributed by atoms with Gasteiger partial charge in [0, 0.05) is 15.0 Å². The molecule has 2 rings (SSSR count). The Hall–Kier alpha value is -0.555. The van der Waals surface area contributed by atoms with Gasteiger partial charge in [0.15, 0.2) is 5.13 Å². The Morgan fingerprint density at radius 3 is 2.71 bits per heavy atom. The first-order valence-corrected chi connectivity index (χ1v) is 5.13. The fraction of sp³-hybridized carbons (Fsp3) is 0. The smallest absolute Gasteiger partial charge is 0.423 e. The maximum absolute atomic E-state index is 12.9. The molecule has 2 N–H and O–H groups in total. The zero-order chi connectivity index (χ0) is 10.3. The summed E-state index contributed by atoms with van der Waals surface area (Å²) >= 11 is 5.14. The molecular weight excluding hydrogens is 222 g/mol. The first kappa shape index (κ1) is 9.98. The molecule has 0 aliphatic carbocycles. The molecule has 0 amide bonds. The van der Waals surface area contributed by atoms with E-state index >= 15 is 0 Å². The fourth-order valence-corrected chi connectivity index (χ4v) is 2.54. The van der Waals surface area contributed by atoms with Gasteiger partial charge in [-0.3, -0.25) is 0 Å². The number of halogens is 1. The van der Waals surface area contributed by atoms with E-state index in [9.17, 15) is 4.39 Å². The monoisotopic (exact) mass is 228 g/mol. The molecule has 0 radical (unpaired) electrons. The Kier molecular flexibility index (Phi) is 2.53. The highest BCUT2D eigenvalue weighted by molar-refractivity contribution is 7.80. The van der Waals surface area contributed by atoms with Gasteiger partial charge in [-0.2, -0.15) is 4.39 Å². The van der Waals surface area contributed by atoms with Gasteiger partial charge in [-0.1, -0.05) is 6.07 Å². The third-order valence-corrected chi connectivity index (χ3v) is 3.34. The lowest BCUT2D eigenvalue weighted by molar-refractivity contribution is 0.425. The molecule has 14 heavy (non-hydrogen) atoms. The molecule has 0 saturated carbocycles. The van der Waals surface area contributed by atoms with Gasteiger partial charge in [-0.25, -0.2) is 0 Å². The third kappa shape index (κ3) is 1.54. The highest BCUT2D eigenvalue weighted by atomic mass is 32.1. The first-order chi connectivity index (χ1) is 6.59. The molecule has 6 heteroatoms. The van der Waals surface area contributed by atoms with E-state index in [2.05, 4.69) is 12.6 Å². The SMILES string of the molecule is OB(O)c1ccc2sc(F)cc2c1S. The van der Waals surface area contributed by atoms with Gasteiger partial charge in [-0.15, -0.1) is 24.0 Å². The Morgan fingerprint density at radius 1 is 1.36 bits per heavy atom. The molecule has 0 saturated heterocycles. The summed E-state index contributed by atoms with van der Waals surface area (Å²) in [5.41, 5.74) is 0.290. The minimum Gasteiger partial charge on any atom is -0.423 e. The Balaban J connectivity index is 2.74. The summed E-state index contributed by atoms with van der Waals surface area (Å²) in [7, 11) is -1.57. The van der Waals surface area contributed by atoms with E-state index in [4.69, 9.17) is 10.0 Å². The van der Waals surface area contributed by atoms with Crippen molar-refractivity contribution < 1.29 is 14.4 Å². The Labute approximate surface area is 89.6 Å². The molecule has 72 valence electrons. The number of thiol groups is 1. The van der Waals surface area contributed by atoms with Gasteiger partial charge in [0.05, 0.1) is 0 Å². The lowest BCUT2D eigenvalue weighted by Crippen LogP contribution is -2.30. The molecule has 0 aliphatic heterocycles. The quantitative estimate of drug-likeness (QED) is 0.503. The van der Waals surface area contributed by atoms with E-state index in [1.165, 1.54) is 12.1 Å². The van der Waals surface area contributed by atoms with Gasteiger partial charge < -0.3 is 10.0 Å². The molecule has 0 unspecified atom stereocenters. The highest BCUT2D eigenvalue weighted by Gasteiger charge is 2.17. The largest absolute Gasteiger partial charge is 0.489 e.